The lowest BCUT2D eigenvalue weighted by Crippen LogP contribution is -2.34. The number of carbonyl (C=O) groups excluding carboxylic acids is 1. The number of carbonyl (C=O) groups is 2. The van der Waals surface area contributed by atoms with Crippen molar-refractivity contribution in [3.63, 3.8) is 0 Å². The molecule has 0 aliphatic carbocycles. The maximum Gasteiger partial charge on any atom is 0.372 e. The Labute approximate surface area is 93.4 Å². The molecule has 0 saturated heterocycles. The van der Waals surface area contributed by atoms with Gasteiger partial charge in [0.25, 0.3) is 0 Å². The molecule has 1 rings (SSSR count). The van der Waals surface area contributed by atoms with Gasteiger partial charge >= 0.3 is 5.97 Å². The summed E-state index contributed by atoms with van der Waals surface area (Å²) in [7, 11) is 0. The summed E-state index contributed by atoms with van der Waals surface area (Å²) in [6, 6.07) is 1.53. The lowest BCUT2D eigenvalue weighted by atomic mass is 9.95. The molecule has 0 saturated carbocycles. The number of nitrogens with one attached hydrogen (secondary N) is 1. The molecule has 0 unspecified atom stereocenters. The summed E-state index contributed by atoms with van der Waals surface area (Å²) in [5, 5.41) is 11.4. The molecule has 0 aliphatic heterocycles. The Balaban J connectivity index is 2.65. The van der Waals surface area contributed by atoms with Crippen molar-refractivity contribution in [1.82, 2.24) is 5.32 Å². The zero-order valence-corrected chi connectivity index (χ0v) is 9.53. The second-order valence-corrected chi connectivity index (χ2v) is 4.51. The van der Waals surface area contributed by atoms with E-state index in [0.717, 1.165) is 0 Å². The van der Waals surface area contributed by atoms with Crippen molar-refractivity contribution >= 4 is 11.9 Å². The van der Waals surface area contributed by atoms with Gasteiger partial charge in [-0.15, -0.1) is 0 Å². The standard InChI is InChI=1S/C11H15NO4/c1-11(2,3)10(15)12-6-7-4-5-16-8(7)9(13)14/h4-5H,6H2,1-3H3,(H,12,15)(H,13,14). The Bertz CT molecular complexity index is 400. The molecule has 1 amide bonds. The van der Waals surface area contributed by atoms with Crippen LogP contribution in [0.5, 0.6) is 0 Å². The Morgan fingerprint density at radius 2 is 2.06 bits per heavy atom. The van der Waals surface area contributed by atoms with Gasteiger partial charge in [-0.25, -0.2) is 4.79 Å². The Morgan fingerprint density at radius 3 is 2.56 bits per heavy atom. The first-order valence-electron chi connectivity index (χ1n) is 4.90. The van der Waals surface area contributed by atoms with Crippen LogP contribution in [0.3, 0.4) is 0 Å². The molecule has 0 spiro atoms. The number of hydrogen-bond acceptors (Lipinski definition) is 3. The average molecular weight is 225 g/mol. The third-order valence-corrected chi connectivity index (χ3v) is 2.06. The highest BCUT2D eigenvalue weighted by molar-refractivity contribution is 5.86. The van der Waals surface area contributed by atoms with Gasteiger partial charge in [-0.05, 0) is 6.07 Å². The number of carboxylic acid groups (broad SMARTS) is 1. The van der Waals surface area contributed by atoms with Crippen LogP contribution in [-0.2, 0) is 11.3 Å². The second kappa shape index (κ2) is 4.38. The number of aromatic carboxylic acids is 1. The smallest absolute Gasteiger partial charge is 0.372 e. The fraction of sp³-hybridized carbons (Fsp3) is 0.455. The van der Waals surface area contributed by atoms with Crippen LogP contribution in [0.2, 0.25) is 0 Å². The molecule has 1 aromatic rings. The maximum absolute atomic E-state index is 11.6. The van der Waals surface area contributed by atoms with Crippen molar-refractivity contribution in [2.75, 3.05) is 0 Å². The molecule has 0 atom stereocenters. The SMILES string of the molecule is CC(C)(C)C(=O)NCc1ccoc1C(=O)O. The third kappa shape index (κ3) is 2.85. The molecule has 1 aromatic heterocycles. The second-order valence-electron chi connectivity index (χ2n) is 4.51. The van der Waals surface area contributed by atoms with Gasteiger partial charge < -0.3 is 14.8 Å². The molecule has 0 bridgehead atoms. The van der Waals surface area contributed by atoms with Gasteiger partial charge in [0, 0.05) is 17.5 Å². The Hall–Kier alpha value is -1.78. The van der Waals surface area contributed by atoms with E-state index < -0.39 is 11.4 Å². The van der Waals surface area contributed by atoms with E-state index >= 15 is 0 Å². The molecular formula is C11H15NO4. The predicted molar refractivity (Wildman–Crippen MR) is 57.0 cm³/mol. The normalized spacial score (nSPS) is 11.2. The molecular weight excluding hydrogens is 210 g/mol. The van der Waals surface area contributed by atoms with Crippen molar-refractivity contribution < 1.29 is 19.1 Å². The summed E-state index contributed by atoms with van der Waals surface area (Å²) in [6.45, 7) is 5.52. The first-order valence-corrected chi connectivity index (χ1v) is 4.90. The van der Waals surface area contributed by atoms with Crippen LogP contribution in [0.15, 0.2) is 16.7 Å². The number of hydrogen-bond donors (Lipinski definition) is 2. The lowest BCUT2D eigenvalue weighted by molar-refractivity contribution is -0.128. The molecule has 0 aromatic carbocycles. The molecule has 0 aliphatic rings. The van der Waals surface area contributed by atoms with Gasteiger partial charge in [0.05, 0.1) is 6.26 Å². The van der Waals surface area contributed by atoms with Crippen molar-refractivity contribution in [2.24, 2.45) is 5.41 Å². The van der Waals surface area contributed by atoms with E-state index in [1.54, 1.807) is 20.8 Å². The third-order valence-electron chi connectivity index (χ3n) is 2.06. The number of rotatable bonds is 3. The van der Waals surface area contributed by atoms with Gasteiger partial charge in [0.1, 0.15) is 0 Å². The molecule has 5 heteroatoms. The van der Waals surface area contributed by atoms with Gasteiger partial charge in [-0.3, -0.25) is 4.79 Å². The highest BCUT2D eigenvalue weighted by Crippen LogP contribution is 2.14. The number of furan rings is 1. The van der Waals surface area contributed by atoms with Crippen LogP contribution in [0.1, 0.15) is 36.9 Å². The van der Waals surface area contributed by atoms with Crippen LogP contribution >= 0.6 is 0 Å². The highest BCUT2D eigenvalue weighted by Gasteiger charge is 2.22. The van der Waals surface area contributed by atoms with E-state index in [9.17, 15) is 9.59 Å². The summed E-state index contributed by atoms with van der Waals surface area (Å²) in [5.41, 5.74) is -0.0299. The topological polar surface area (TPSA) is 79.5 Å². The van der Waals surface area contributed by atoms with Crippen molar-refractivity contribution in [2.45, 2.75) is 27.3 Å². The van der Waals surface area contributed by atoms with Crippen molar-refractivity contribution in [1.29, 1.82) is 0 Å². The van der Waals surface area contributed by atoms with E-state index in [1.807, 2.05) is 0 Å². The summed E-state index contributed by atoms with van der Waals surface area (Å²) in [5.74, 6) is -1.40. The van der Waals surface area contributed by atoms with Crippen LogP contribution in [0, 0.1) is 5.41 Å². The zero-order valence-electron chi connectivity index (χ0n) is 9.53. The maximum atomic E-state index is 11.6. The van der Waals surface area contributed by atoms with E-state index in [0.29, 0.717) is 5.56 Å². The molecule has 0 radical (unpaired) electrons. The molecule has 0 fully saturated rings. The van der Waals surface area contributed by atoms with Gasteiger partial charge in [0.2, 0.25) is 11.7 Å². The summed E-state index contributed by atoms with van der Waals surface area (Å²) >= 11 is 0. The van der Waals surface area contributed by atoms with Gasteiger partial charge in [0.15, 0.2) is 0 Å². The molecule has 5 nitrogen and oxygen atoms in total. The Morgan fingerprint density at radius 1 is 1.44 bits per heavy atom. The molecule has 1 heterocycles. The minimum atomic E-state index is -1.13. The van der Waals surface area contributed by atoms with Crippen molar-refractivity contribution in [3.05, 3.63) is 23.7 Å². The number of carboxylic acids is 1. The van der Waals surface area contributed by atoms with Gasteiger partial charge in [-0.2, -0.15) is 0 Å². The van der Waals surface area contributed by atoms with E-state index in [1.165, 1.54) is 12.3 Å². The fourth-order valence-corrected chi connectivity index (χ4v) is 1.10. The summed E-state index contributed by atoms with van der Waals surface area (Å²) in [6.07, 6.45) is 1.29. The summed E-state index contributed by atoms with van der Waals surface area (Å²) in [4.78, 5) is 22.3. The number of amides is 1. The Kier molecular flexibility index (Phi) is 3.37. The van der Waals surface area contributed by atoms with E-state index in [4.69, 9.17) is 9.52 Å². The molecule has 88 valence electrons. The first kappa shape index (κ1) is 12.3. The monoisotopic (exact) mass is 225 g/mol. The first-order chi connectivity index (χ1) is 7.32. The highest BCUT2D eigenvalue weighted by atomic mass is 16.4. The van der Waals surface area contributed by atoms with Crippen LogP contribution in [-0.4, -0.2) is 17.0 Å². The quantitative estimate of drug-likeness (QED) is 0.819. The average Bonchev–Trinajstić information content (AvgIpc) is 2.60. The van der Waals surface area contributed by atoms with Crippen LogP contribution < -0.4 is 5.32 Å². The minimum Gasteiger partial charge on any atom is -0.475 e. The molecule has 16 heavy (non-hydrogen) atoms. The zero-order chi connectivity index (χ0) is 12.3. The largest absolute Gasteiger partial charge is 0.475 e. The predicted octanol–water partition coefficient (Wildman–Crippen LogP) is 1.64. The van der Waals surface area contributed by atoms with Crippen LogP contribution in [0.4, 0.5) is 0 Å². The van der Waals surface area contributed by atoms with Crippen LogP contribution in [0.25, 0.3) is 0 Å². The van der Waals surface area contributed by atoms with E-state index in [-0.39, 0.29) is 18.2 Å². The minimum absolute atomic E-state index is 0.130. The van der Waals surface area contributed by atoms with E-state index in [2.05, 4.69) is 5.32 Å². The van der Waals surface area contributed by atoms with Crippen molar-refractivity contribution in [3.8, 4) is 0 Å². The lowest BCUT2D eigenvalue weighted by Gasteiger charge is -2.17. The summed E-state index contributed by atoms with van der Waals surface area (Å²) < 4.78 is 4.79. The molecule has 2 N–H and O–H groups in total. The fourth-order valence-electron chi connectivity index (χ4n) is 1.10. The van der Waals surface area contributed by atoms with Gasteiger partial charge in [-0.1, -0.05) is 20.8 Å².